The molecule has 0 bridgehead atoms. The first-order chi connectivity index (χ1) is 12.3. The second kappa shape index (κ2) is 7.31. The summed E-state index contributed by atoms with van der Waals surface area (Å²) < 4.78 is 29.4. The van der Waals surface area contributed by atoms with Crippen LogP contribution in [-0.4, -0.2) is 18.2 Å². The van der Waals surface area contributed by atoms with E-state index >= 15 is 0 Å². The van der Waals surface area contributed by atoms with Gasteiger partial charge >= 0.3 is 0 Å². The molecular weight excluding hydrogens is 393 g/mol. The Morgan fingerprint density at radius 2 is 1.81 bits per heavy atom. The zero-order chi connectivity index (χ0) is 18.9. The van der Waals surface area contributed by atoms with Crippen molar-refractivity contribution in [3.63, 3.8) is 0 Å². The van der Waals surface area contributed by atoms with E-state index in [2.05, 4.69) is 9.82 Å². The zero-order valence-electron chi connectivity index (χ0n) is 14.2. The SMILES string of the molecule is Cc1ccc(C)c(S(=O)(=O)Nc2nn(Cc3ccccc3Cl)cc2Cl)c1. The fraction of sp³-hybridized carbons (Fsp3) is 0.167. The Morgan fingerprint density at radius 3 is 2.54 bits per heavy atom. The van der Waals surface area contributed by atoms with Crippen LogP contribution in [0.4, 0.5) is 5.82 Å². The second-order valence-corrected chi connectivity index (χ2v) is 8.45. The van der Waals surface area contributed by atoms with Gasteiger partial charge < -0.3 is 0 Å². The molecule has 5 nitrogen and oxygen atoms in total. The number of nitrogens with zero attached hydrogens (tertiary/aromatic N) is 2. The number of benzene rings is 2. The van der Waals surface area contributed by atoms with Crippen molar-refractivity contribution in [3.8, 4) is 0 Å². The fourth-order valence-electron chi connectivity index (χ4n) is 2.53. The van der Waals surface area contributed by atoms with Gasteiger partial charge in [0.25, 0.3) is 10.0 Å². The van der Waals surface area contributed by atoms with Gasteiger partial charge in [-0.2, -0.15) is 5.10 Å². The maximum absolute atomic E-state index is 12.7. The molecule has 0 unspecified atom stereocenters. The van der Waals surface area contributed by atoms with Crippen LogP contribution in [0.15, 0.2) is 53.6 Å². The molecule has 0 aliphatic heterocycles. The molecule has 0 amide bonds. The van der Waals surface area contributed by atoms with E-state index in [0.717, 1.165) is 11.1 Å². The van der Waals surface area contributed by atoms with E-state index < -0.39 is 10.0 Å². The Morgan fingerprint density at radius 1 is 1.08 bits per heavy atom. The Kier molecular flexibility index (Phi) is 5.27. The van der Waals surface area contributed by atoms with Gasteiger partial charge in [-0.1, -0.05) is 53.5 Å². The van der Waals surface area contributed by atoms with Gasteiger partial charge in [0.2, 0.25) is 0 Å². The third-order valence-corrected chi connectivity index (χ3v) is 6.00. The normalized spacial score (nSPS) is 11.5. The summed E-state index contributed by atoms with van der Waals surface area (Å²) in [6.45, 7) is 3.96. The minimum Gasteiger partial charge on any atom is -0.265 e. The first-order valence-corrected chi connectivity index (χ1v) is 10.1. The monoisotopic (exact) mass is 409 g/mol. The smallest absolute Gasteiger partial charge is 0.263 e. The second-order valence-electron chi connectivity index (χ2n) is 5.99. The summed E-state index contributed by atoms with van der Waals surface area (Å²) >= 11 is 12.3. The van der Waals surface area contributed by atoms with Crippen LogP contribution < -0.4 is 4.72 Å². The van der Waals surface area contributed by atoms with E-state index in [1.807, 2.05) is 31.2 Å². The Balaban J connectivity index is 1.88. The zero-order valence-corrected chi connectivity index (χ0v) is 16.5. The number of hydrogen-bond donors (Lipinski definition) is 1. The molecule has 2 aromatic carbocycles. The van der Waals surface area contributed by atoms with Crippen molar-refractivity contribution >= 4 is 39.0 Å². The van der Waals surface area contributed by atoms with Crippen molar-refractivity contribution in [3.05, 3.63) is 75.4 Å². The van der Waals surface area contributed by atoms with Crippen molar-refractivity contribution in [2.75, 3.05) is 4.72 Å². The molecule has 0 radical (unpaired) electrons. The Labute approximate surface area is 162 Å². The highest BCUT2D eigenvalue weighted by molar-refractivity contribution is 7.92. The lowest BCUT2D eigenvalue weighted by Gasteiger charge is -2.09. The molecule has 26 heavy (non-hydrogen) atoms. The lowest BCUT2D eigenvalue weighted by molar-refractivity contribution is 0.600. The summed E-state index contributed by atoms with van der Waals surface area (Å²) in [6.07, 6.45) is 1.56. The van der Waals surface area contributed by atoms with Gasteiger partial charge in [0.15, 0.2) is 5.82 Å². The number of nitrogens with one attached hydrogen (secondary N) is 1. The first kappa shape index (κ1) is 18.8. The maximum Gasteiger partial charge on any atom is 0.263 e. The van der Waals surface area contributed by atoms with E-state index in [1.54, 1.807) is 36.0 Å². The fourth-order valence-corrected chi connectivity index (χ4v) is 4.32. The van der Waals surface area contributed by atoms with Crippen molar-refractivity contribution in [2.45, 2.75) is 25.3 Å². The number of aryl methyl sites for hydroxylation is 2. The van der Waals surface area contributed by atoms with Crippen molar-refractivity contribution in [1.29, 1.82) is 0 Å². The Bertz CT molecular complexity index is 1060. The minimum absolute atomic E-state index is 0.0830. The van der Waals surface area contributed by atoms with E-state index in [9.17, 15) is 8.42 Å². The predicted octanol–water partition coefficient (Wildman–Crippen LogP) is 4.66. The average Bonchev–Trinajstić information content (AvgIpc) is 2.90. The first-order valence-electron chi connectivity index (χ1n) is 7.83. The van der Waals surface area contributed by atoms with Gasteiger partial charge in [0, 0.05) is 11.2 Å². The van der Waals surface area contributed by atoms with Crippen molar-refractivity contribution < 1.29 is 8.42 Å². The molecule has 0 aliphatic rings. The van der Waals surface area contributed by atoms with Crippen LogP contribution in [0.3, 0.4) is 0 Å². The van der Waals surface area contributed by atoms with Gasteiger partial charge in [0.05, 0.1) is 11.4 Å². The average molecular weight is 410 g/mol. The molecule has 136 valence electrons. The summed E-state index contributed by atoms with van der Waals surface area (Å²) in [7, 11) is -3.79. The lowest BCUT2D eigenvalue weighted by atomic mass is 10.2. The largest absolute Gasteiger partial charge is 0.265 e. The van der Waals surface area contributed by atoms with Crippen LogP contribution >= 0.6 is 23.2 Å². The molecule has 0 saturated heterocycles. The van der Waals surface area contributed by atoms with E-state index in [1.165, 1.54) is 0 Å². The van der Waals surface area contributed by atoms with Crippen LogP contribution in [0.5, 0.6) is 0 Å². The molecule has 3 rings (SSSR count). The number of halogens is 2. The van der Waals surface area contributed by atoms with E-state index in [4.69, 9.17) is 23.2 Å². The minimum atomic E-state index is -3.79. The molecule has 0 aliphatic carbocycles. The number of anilines is 1. The maximum atomic E-state index is 12.7. The van der Waals surface area contributed by atoms with Gasteiger partial charge in [-0.3, -0.25) is 9.40 Å². The molecule has 0 saturated carbocycles. The van der Waals surface area contributed by atoms with Gasteiger partial charge in [-0.25, -0.2) is 8.42 Å². The van der Waals surface area contributed by atoms with E-state index in [-0.39, 0.29) is 15.7 Å². The highest BCUT2D eigenvalue weighted by Crippen LogP contribution is 2.26. The Hall–Kier alpha value is -2.02. The van der Waals surface area contributed by atoms with Crippen LogP contribution in [0.2, 0.25) is 10.0 Å². The molecule has 0 fully saturated rings. The third kappa shape index (κ3) is 4.03. The summed E-state index contributed by atoms with van der Waals surface area (Å²) in [5, 5.41) is 5.07. The quantitative estimate of drug-likeness (QED) is 0.666. The summed E-state index contributed by atoms with van der Waals surface area (Å²) in [4.78, 5) is 0.203. The standard InChI is InChI=1S/C18H17Cl2N3O2S/c1-12-7-8-13(2)17(9-12)26(24,25)22-18-16(20)11-23(21-18)10-14-5-3-4-6-15(14)19/h3-9,11H,10H2,1-2H3,(H,21,22). The van der Waals surface area contributed by atoms with Gasteiger partial charge in [0.1, 0.15) is 5.02 Å². The third-order valence-electron chi connectivity index (χ3n) is 3.87. The molecule has 0 atom stereocenters. The number of sulfonamides is 1. The lowest BCUT2D eigenvalue weighted by Crippen LogP contribution is -2.15. The van der Waals surface area contributed by atoms with Crippen LogP contribution in [0.25, 0.3) is 0 Å². The van der Waals surface area contributed by atoms with Crippen molar-refractivity contribution in [1.82, 2.24) is 9.78 Å². The number of aromatic nitrogens is 2. The van der Waals surface area contributed by atoms with Gasteiger partial charge in [-0.05, 0) is 42.7 Å². The summed E-state index contributed by atoms with van der Waals surface area (Å²) in [5.41, 5.74) is 2.36. The van der Waals surface area contributed by atoms with Crippen LogP contribution in [-0.2, 0) is 16.6 Å². The molecule has 3 aromatic rings. The number of rotatable bonds is 5. The summed E-state index contributed by atoms with van der Waals surface area (Å²) in [6, 6.07) is 12.6. The van der Waals surface area contributed by atoms with Gasteiger partial charge in [-0.15, -0.1) is 0 Å². The van der Waals surface area contributed by atoms with E-state index in [0.29, 0.717) is 17.1 Å². The van der Waals surface area contributed by atoms with Crippen LogP contribution in [0.1, 0.15) is 16.7 Å². The highest BCUT2D eigenvalue weighted by atomic mass is 35.5. The number of hydrogen-bond acceptors (Lipinski definition) is 3. The molecule has 1 N–H and O–H groups in total. The topological polar surface area (TPSA) is 64.0 Å². The molecule has 8 heteroatoms. The summed E-state index contributed by atoms with van der Waals surface area (Å²) in [5.74, 6) is 0.0830. The predicted molar refractivity (Wildman–Crippen MR) is 105 cm³/mol. The molecule has 0 spiro atoms. The van der Waals surface area contributed by atoms with Crippen molar-refractivity contribution in [2.24, 2.45) is 0 Å². The highest BCUT2D eigenvalue weighted by Gasteiger charge is 2.20. The van der Waals surface area contributed by atoms with Crippen LogP contribution in [0, 0.1) is 13.8 Å². The molecule has 1 heterocycles. The molecular formula is C18H17Cl2N3O2S. The molecule has 1 aromatic heterocycles.